The maximum atomic E-state index is 13.3. The summed E-state index contributed by atoms with van der Waals surface area (Å²) in [5.41, 5.74) is 8.78. The first-order valence-corrected chi connectivity index (χ1v) is 10.5. The van der Waals surface area contributed by atoms with E-state index in [0.29, 0.717) is 0 Å². The van der Waals surface area contributed by atoms with Crippen LogP contribution < -0.4 is 15.5 Å². The van der Waals surface area contributed by atoms with E-state index in [0.717, 1.165) is 38.8 Å². The molecule has 0 bridgehead atoms. The molecule has 0 saturated carbocycles. The molecule has 0 fully saturated rings. The van der Waals surface area contributed by atoms with Crippen LogP contribution >= 0.6 is 11.8 Å². The summed E-state index contributed by atoms with van der Waals surface area (Å²) < 4.78 is 7.34. The fourth-order valence-electron chi connectivity index (χ4n) is 3.70. The Kier molecular flexibility index (Phi) is 5.28. The molecule has 2 aromatic carbocycles. The average Bonchev–Trinajstić information content (AvgIpc) is 3.06. The fraction of sp³-hybridized carbons (Fsp3) is 0.261. The lowest BCUT2D eigenvalue weighted by Crippen LogP contribution is -2.41. The van der Waals surface area contributed by atoms with Crippen LogP contribution in [0.5, 0.6) is 5.75 Å². The van der Waals surface area contributed by atoms with Gasteiger partial charge in [0.15, 0.2) is 0 Å². The highest BCUT2D eigenvalue weighted by Gasteiger charge is 2.36. The molecule has 0 spiro atoms. The quantitative estimate of drug-likeness (QED) is 0.651. The number of benzene rings is 2. The zero-order valence-electron chi connectivity index (χ0n) is 17.0. The molecule has 0 saturated heterocycles. The number of thioether (sulfide) groups is 1. The van der Waals surface area contributed by atoms with Crippen LogP contribution in [0.15, 0.2) is 59.6 Å². The molecule has 5 nitrogen and oxygen atoms in total. The predicted molar refractivity (Wildman–Crippen MR) is 118 cm³/mol. The molecule has 1 aliphatic rings. The SMILES string of the molecule is COc1ccc([C@H]2Nn3c(C)ccc3S[C@H]2C(=O)Nc2cc(C)cc(C)c2)cc1. The van der Waals surface area contributed by atoms with Crippen LogP contribution in [-0.2, 0) is 4.79 Å². The summed E-state index contributed by atoms with van der Waals surface area (Å²) in [4.78, 5) is 13.3. The molecule has 6 heteroatoms. The van der Waals surface area contributed by atoms with E-state index in [1.807, 2.05) is 56.3 Å². The van der Waals surface area contributed by atoms with Gasteiger partial charge in [0.25, 0.3) is 0 Å². The summed E-state index contributed by atoms with van der Waals surface area (Å²) >= 11 is 1.58. The molecule has 0 aliphatic carbocycles. The Labute approximate surface area is 175 Å². The predicted octanol–water partition coefficient (Wildman–Crippen LogP) is 4.82. The third-order valence-corrected chi connectivity index (χ3v) is 6.38. The normalized spacial score (nSPS) is 17.9. The maximum Gasteiger partial charge on any atom is 0.240 e. The largest absolute Gasteiger partial charge is 0.497 e. The second-order valence-electron chi connectivity index (χ2n) is 7.43. The number of aryl methyl sites for hydroxylation is 3. The standard InChI is InChI=1S/C23H25N3O2S/c1-14-11-15(2)13-18(12-14)24-23(27)22-21(17-6-8-19(28-4)9-7-17)25-26-16(3)5-10-20(26)29-22/h5-13,21-22,25H,1-4H3,(H,24,27)/t21-,22-/m1/s1. The van der Waals surface area contributed by atoms with Crippen LogP contribution in [0.3, 0.4) is 0 Å². The minimum absolute atomic E-state index is 0.0154. The number of carbonyl (C=O) groups is 1. The number of aromatic nitrogens is 1. The molecule has 2 atom stereocenters. The number of anilines is 1. The molecule has 2 N–H and O–H groups in total. The van der Waals surface area contributed by atoms with Crippen molar-refractivity contribution < 1.29 is 9.53 Å². The Morgan fingerprint density at radius 2 is 1.72 bits per heavy atom. The van der Waals surface area contributed by atoms with E-state index in [9.17, 15) is 4.79 Å². The van der Waals surface area contributed by atoms with E-state index in [2.05, 4.69) is 34.5 Å². The number of fused-ring (bicyclic) bond motifs is 1. The molecular weight excluding hydrogens is 382 g/mol. The van der Waals surface area contributed by atoms with Crippen LogP contribution in [0.1, 0.15) is 28.4 Å². The van der Waals surface area contributed by atoms with Crippen molar-refractivity contribution in [2.75, 3.05) is 17.9 Å². The van der Waals surface area contributed by atoms with Gasteiger partial charge in [-0.15, -0.1) is 0 Å². The van der Waals surface area contributed by atoms with Crippen molar-refractivity contribution in [1.29, 1.82) is 0 Å². The number of amides is 1. The Morgan fingerprint density at radius 1 is 1.03 bits per heavy atom. The van der Waals surface area contributed by atoms with Gasteiger partial charge in [-0.05, 0) is 73.9 Å². The summed E-state index contributed by atoms with van der Waals surface area (Å²) in [5, 5.41) is 3.84. The average molecular weight is 408 g/mol. The monoisotopic (exact) mass is 407 g/mol. The van der Waals surface area contributed by atoms with Crippen molar-refractivity contribution in [1.82, 2.24) is 4.68 Å². The second kappa shape index (κ2) is 7.87. The van der Waals surface area contributed by atoms with E-state index in [4.69, 9.17) is 4.74 Å². The number of nitrogens with one attached hydrogen (secondary N) is 2. The molecule has 0 unspecified atom stereocenters. The minimum Gasteiger partial charge on any atom is -0.497 e. The topological polar surface area (TPSA) is 55.3 Å². The van der Waals surface area contributed by atoms with Crippen molar-refractivity contribution >= 4 is 23.4 Å². The summed E-state index contributed by atoms with van der Waals surface area (Å²) in [6.07, 6.45) is 0. The summed E-state index contributed by atoms with van der Waals surface area (Å²) in [7, 11) is 1.65. The molecule has 0 radical (unpaired) electrons. The molecule has 1 amide bonds. The number of methoxy groups -OCH3 is 1. The van der Waals surface area contributed by atoms with E-state index in [1.54, 1.807) is 18.9 Å². The highest BCUT2D eigenvalue weighted by Crippen LogP contribution is 2.39. The Morgan fingerprint density at radius 3 is 2.38 bits per heavy atom. The highest BCUT2D eigenvalue weighted by molar-refractivity contribution is 8.00. The van der Waals surface area contributed by atoms with Crippen molar-refractivity contribution in [2.24, 2.45) is 0 Å². The summed E-state index contributed by atoms with van der Waals surface area (Å²) in [6, 6.07) is 17.9. The van der Waals surface area contributed by atoms with Gasteiger partial charge in [0, 0.05) is 11.4 Å². The van der Waals surface area contributed by atoms with Crippen molar-refractivity contribution in [3.05, 3.63) is 77.0 Å². The van der Waals surface area contributed by atoms with Gasteiger partial charge in [-0.3, -0.25) is 9.47 Å². The smallest absolute Gasteiger partial charge is 0.240 e. The first-order chi connectivity index (χ1) is 13.9. The van der Waals surface area contributed by atoms with Crippen LogP contribution in [-0.4, -0.2) is 22.9 Å². The van der Waals surface area contributed by atoms with E-state index in [1.165, 1.54) is 0 Å². The third-order valence-electron chi connectivity index (χ3n) is 5.08. The maximum absolute atomic E-state index is 13.3. The minimum atomic E-state index is -0.314. The molecular formula is C23H25N3O2S. The van der Waals surface area contributed by atoms with Gasteiger partial charge in [-0.2, -0.15) is 0 Å². The zero-order chi connectivity index (χ0) is 20.5. The molecule has 2 heterocycles. The number of hydrogen-bond acceptors (Lipinski definition) is 4. The Balaban J connectivity index is 1.66. The van der Waals surface area contributed by atoms with Crippen LogP contribution in [0.25, 0.3) is 0 Å². The van der Waals surface area contributed by atoms with Gasteiger partial charge in [0.1, 0.15) is 11.0 Å². The fourth-order valence-corrected chi connectivity index (χ4v) is 4.93. The van der Waals surface area contributed by atoms with Crippen LogP contribution in [0.4, 0.5) is 5.69 Å². The van der Waals surface area contributed by atoms with Crippen LogP contribution in [0, 0.1) is 20.8 Å². The van der Waals surface area contributed by atoms with Gasteiger partial charge in [0.05, 0.1) is 18.2 Å². The molecule has 29 heavy (non-hydrogen) atoms. The van der Waals surface area contributed by atoms with E-state index >= 15 is 0 Å². The first kappa shape index (κ1) is 19.5. The second-order valence-corrected chi connectivity index (χ2v) is 8.59. The third kappa shape index (κ3) is 3.98. The van der Waals surface area contributed by atoms with E-state index < -0.39 is 0 Å². The van der Waals surface area contributed by atoms with Gasteiger partial charge in [-0.25, -0.2) is 0 Å². The van der Waals surface area contributed by atoms with Gasteiger partial charge >= 0.3 is 0 Å². The number of rotatable bonds is 4. The number of carbonyl (C=O) groups excluding carboxylic acids is 1. The van der Waals surface area contributed by atoms with E-state index in [-0.39, 0.29) is 17.2 Å². The number of nitrogens with zero attached hydrogens (tertiary/aromatic N) is 1. The van der Waals surface area contributed by atoms with Gasteiger partial charge < -0.3 is 15.5 Å². The lowest BCUT2D eigenvalue weighted by Gasteiger charge is -2.34. The summed E-state index contributed by atoms with van der Waals surface area (Å²) in [6.45, 7) is 6.13. The Bertz CT molecular complexity index is 1020. The van der Waals surface area contributed by atoms with Crippen molar-refractivity contribution in [3.8, 4) is 5.75 Å². The number of ether oxygens (including phenoxy) is 1. The highest BCUT2D eigenvalue weighted by atomic mass is 32.2. The van der Waals surface area contributed by atoms with Crippen molar-refractivity contribution in [3.63, 3.8) is 0 Å². The molecule has 1 aromatic heterocycles. The lowest BCUT2D eigenvalue weighted by atomic mass is 10.0. The molecule has 1 aliphatic heterocycles. The zero-order valence-corrected chi connectivity index (χ0v) is 17.8. The first-order valence-electron chi connectivity index (χ1n) is 9.59. The van der Waals surface area contributed by atoms with Gasteiger partial charge in [-0.1, -0.05) is 30.0 Å². The molecule has 4 rings (SSSR count). The lowest BCUT2D eigenvalue weighted by molar-refractivity contribution is -0.116. The molecule has 3 aromatic rings. The number of hydrogen-bond donors (Lipinski definition) is 2. The molecule has 150 valence electrons. The summed E-state index contributed by atoms with van der Waals surface area (Å²) in [5.74, 6) is 0.782. The van der Waals surface area contributed by atoms with Gasteiger partial charge in [0.2, 0.25) is 5.91 Å². The Hall–Kier alpha value is -2.86. The van der Waals surface area contributed by atoms with Crippen molar-refractivity contribution in [2.45, 2.75) is 37.1 Å². The van der Waals surface area contributed by atoms with Crippen LogP contribution in [0.2, 0.25) is 0 Å².